The summed E-state index contributed by atoms with van der Waals surface area (Å²) < 4.78 is 10.1. The predicted molar refractivity (Wildman–Crippen MR) is 89.8 cm³/mol. The molecule has 0 N–H and O–H groups in total. The lowest BCUT2D eigenvalue weighted by Crippen LogP contribution is -2.05. The van der Waals surface area contributed by atoms with E-state index in [0.29, 0.717) is 5.56 Å². The van der Waals surface area contributed by atoms with Crippen LogP contribution in [0.25, 0.3) is 6.08 Å². The summed E-state index contributed by atoms with van der Waals surface area (Å²) in [6, 6.07) is 13.9. The summed E-state index contributed by atoms with van der Waals surface area (Å²) in [6.45, 7) is 1.29. The highest BCUT2D eigenvalue weighted by atomic mass is 35.5. The van der Waals surface area contributed by atoms with E-state index in [1.807, 2.05) is 18.2 Å². The standard InChI is InChI=1S/C18H12ClNO4/c1-11(21)23-16-8-7-12(9-14(16)19)10-15-18(22)24-17(20-15)13-5-3-2-4-6-13/h2-10H,1H3. The summed E-state index contributed by atoms with van der Waals surface area (Å²) in [4.78, 5) is 27.1. The second kappa shape index (κ2) is 6.68. The van der Waals surface area contributed by atoms with Gasteiger partial charge in [0.25, 0.3) is 0 Å². The van der Waals surface area contributed by atoms with Crippen molar-refractivity contribution >= 4 is 35.5 Å². The molecular formula is C18H12ClNO4. The van der Waals surface area contributed by atoms with E-state index in [2.05, 4.69) is 4.99 Å². The molecule has 0 unspecified atom stereocenters. The fourth-order valence-corrected chi connectivity index (χ4v) is 2.34. The van der Waals surface area contributed by atoms with E-state index in [0.717, 1.165) is 5.56 Å². The molecule has 6 heteroatoms. The van der Waals surface area contributed by atoms with Crippen LogP contribution in [0.15, 0.2) is 59.2 Å². The van der Waals surface area contributed by atoms with Gasteiger partial charge in [-0.15, -0.1) is 0 Å². The molecule has 0 fully saturated rings. The summed E-state index contributed by atoms with van der Waals surface area (Å²) in [7, 11) is 0. The Kier molecular flexibility index (Phi) is 4.44. The third kappa shape index (κ3) is 3.52. The number of esters is 2. The smallest absolute Gasteiger partial charge is 0.363 e. The van der Waals surface area contributed by atoms with E-state index in [4.69, 9.17) is 21.1 Å². The first-order valence-corrected chi connectivity index (χ1v) is 7.46. The number of aliphatic imine (C=N–C) groups is 1. The molecule has 0 bridgehead atoms. The molecule has 0 aliphatic carbocycles. The Morgan fingerprint density at radius 2 is 1.96 bits per heavy atom. The molecule has 24 heavy (non-hydrogen) atoms. The number of halogens is 1. The van der Waals surface area contributed by atoms with Crippen molar-refractivity contribution in [1.82, 2.24) is 0 Å². The van der Waals surface area contributed by atoms with Crippen molar-refractivity contribution in [1.29, 1.82) is 0 Å². The summed E-state index contributed by atoms with van der Waals surface area (Å²) in [5, 5.41) is 0.262. The molecule has 1 heterocycles. The second-order valence-corrected chi connectivity index (χ2v) is 5.39. The van der Waals surface area contributed by atoms with Gasteiger partial charge in [0.15, 0.2) is 5.70 Å². The van der Waals surface area contributed by atoms with Crippen molar-refractivity contribution in [2.75, 3.05) is 0 Å². The van der Waals surface area contributed by atoms with Crippen LogP contribution in [-0.4, -0.2) is 17.8 Å². The monoisotopic (exact) mass is 341 g/mol. The molecule has 0 spiro atoms. The lowest BCUT2D eigenvalue weighted by atomic mass is 10.2. The topological polar surface area (TPSA) is 65.0 Å². The lowest BCUT2D eigenvalue weighted by molar-refractivity contribution is -0.132. The van der Waals surface area contributed by atoms with E-state index in [-0.39, 0.29) is 22.4 Å². The molecule has 0 saturated carbocycles. The molecule has 3 rings (SSSR count). The van der Waals surface area contributed by atoms with Gasteiger partial charge < -0.3 is 9.47 Å². The molecule has 120 valence electrons. The van der Waals surface area contributed by atoms with E-state index >= 15 is 0 Å². The molecule has 1 aliphatic heterocycles. The van der Waals surface area contributed by atoms with E-state index in [1.165, 1.54) is 6.92 Å². The molecular weight excluding hydrogens is 330 g/mol. The number of rotatable bonds is 3. The number of hydrogen-bond donors (Lipinski definition) is 0. The normalized spacial score (nSPS) is 15.2. The zero-order valence-corrected chi connectivity index (χ0v) is 13.4. The first kappa shape index (κ1) is 16.0. The highest BCUT2D eigenvalue weighted by Gasteiger charge is 2.24. The van der Waals surface area contributed by atoms with Crippen LogP contribution < -0.4 is 4.74 Å². The van der Waals surface area contributed by atoms with Gasteiger partial charge in [-0.2, -0.15) is 0 Å². The van der Waals surface area contributed by atoms with Crippen LogP contribution in [0.4, 0.5) is 0 Å². The van der Waals surface area contributed by atoms with Gasteiger partial charge in [0.2, 0.25) is 5.90 Å². The molecule has 2 aromatic rings. The van der Waals surface area contributed by atoms with Crippen molar-refractivity contribution in [2.24, 2.45) is 4.99 Å². The Bertz CT molecular complexity index is 872. The van der Waals surface area contributed by atoms with Crippen LogP contribution in [0.3, 0.4) is 0 Å². The minimum Gasteiger partial charge on any atom is -0.425 e. The maximum atomic E-state index is 12.0. The van der Waals surface area contributed by atoms with E-state index < -0.39 is 11.9 Å². The van der Waals surface area contributed by atoms with Crippen molar-refractivity contribution < 1.29 is 19.1 Å². The summed E-state index contributed by atoms with van der Waals surface area (Å²) in [5.74, 6) is -0.475. The van der Waals surface area contributed by atoms with Crippen LogP contribution in [-0.2, 0) is 14.3 Å². The first-order chi connectivity index (χ1) is 11.5. The number of cyclic esters (lactones) is 1. The van der Waals surface area contributed by atoms with Crippen LogP contribution >= 0.6 is 11.6 Å². The molecule has 0 atom stereocenters. The van der Waals surface area contributed by atoms with Gasteiger partial charge in [0.1, 0.15) is 5.75 Å². The minimum absolute atomic E-state index is 0.171. The average Bonchev–Trinajstić information content (AvgIpc) is 2.91. The van der Waals surface area contributed by atoms with Gasteiger partial charge >= 0.3 is 11.9 Å². The Morgan fingerprint density at radius 3 is 2.62 bits per heavy atom. The second-order valence-electron chi connectivity index (χ2n) is 4.99. The molecule has 0 aromatic heterocycles. The van der Waals surface area contributed by atoms with E-state index in [9.17, 15) is 9.59 Å². The Balaban J connectivity index is 1.88. The maximum absolute atomic E-state index is 12.0. The molecule has 0 amide bonds. The highest BCUT2D eigenvalue weighted by molar-refractivity contribution is 6.32. The van der Waals surface area contributed by atoms with Crippen molar-refractivity contribution in [3.63, 3.8) is 0 Å². The van der Waals surface area contributed by atoms with Crippen molar-refractivity contribution in [3.05, 3.63) is 70.4 Å². The van der Waals surface area contributed by atoms with Crippen LogP contribution in [0, 0.1) is 0 Å². The van der Waals surface area contributed by atoms with Crippen LogP contribution in [0.1, 0.15) is 18.1 Å². The van der Waals surface area contributed by atoms with Gasteiger partial charge in [0, 0.05) is 12.5 Å². The maximum Gasteiger partial charge on any atom is 0.363 e. The zero-order valence-electron chi connectivity index (χ0n) is 12.7. The van der Waals surface area contributed by atoms with Gasteiger partial charge in [0.05, 0.1) is 5.02 Å². The SMILES string of the molecule is CC(=O)Oc1ccc(C=C2N=C(c3ccccc3)OC2=O)cc1Cl. The van der Waals surface area contributed by atoms with Gasteiger partial charge in [-0.3, -0.25) is 4.79 Å². The Morgan fingerprint density at radius 1 is 1.21 bits per heavy atom. The molecule has 5 nitrogen and oxygen atoms in total. The van der Waals surface area contributed by atoms with Crippen molar-refractivity contribution in [3.8, 4) is 5.75 Å². The number of carbonyl (C=O) groups is 2. The van der Waals surface area contributed by atoms with Crippen LogP contribution in [0.2, 0.25) is 5.02 Å². The molecule has 0 saturated heterocycles. The zero-order chi connectivity index (χ0) is 17.1. The summed E-state index contributed by atoms with van der Waals surface area (Å²) >= 11 is 6.06. The highest BCUT2D eigenvalue weighted by Crippen LogP contribution is 2.27. The van der Waals surface area contributed by atoms with Gasteiger partial charge in [-0.1, -0.05) is 35.9 Å². The predicted octanol–water partition coefficient (Wildman–Crippen LogP) is 3.61. The van der Waals surface area contributed by atoms with Gasteiger partial charge in [-0.25, -0.2) is 9.79 Å². The van der Waals surface area contributed by atoms with Crippen molar-refractivity contribution in [2.45, 2.75) is 6.92 Å². The number of benzene rings is 2. The molecule has 0 radical (unpaired) electrons. The Labute approximate surface area is 143 Å². The number of carbonyl (C=O) groups excluding carboxylic acids is 2. The molecule has 2 aromatic carbocycles. The summed E-state index contributed by atoms with van der Waals surface area (Å²) in [5.41, 5.74) is 1.53. The van der Waals surface area contributed by atoms with Crippen LogP contribution in [0.5, 0.6) is 5.75 Å². The lowest BCUT2D eigenvalue weighted by Gasteiger charge is -2.04. The minimum atomic E-state index is -0.533. The largest absolute Gasteiger partial charge is 0.425 e. The fraction of sp³-hybridized carbons (Fsp3) is 0.0556. The third-order valence-electron chi connectivity index (χ3n) is 3.15. The van der Waals surface area contributed by atoms with E-state index in [1.54, 1.807) is 36.4 Å². The quantitative estimate of drug-likeness (QED) is 0.486. The first-order valence-electron chi connectivity index (χ1n) is 7.09. The van der Waals surface area contributed by atoms with Gasteiger partial charge in [-0.05, 0) is 35.9 Å². The molecule has 1 aliphatic rings. The number of ether oxygens (including phenoxy) is 2. The summed E-state index contributed by atoms with van der Waals surface area (Å²) in [6.07, 6.45) is 1.56. The number of hydrogen-bond acceptors (Lipinski definition) is 5. The fourth-order valence-electron chi connectivity index (χ4n) is 2.12. The number of nitrogens with zero attached hydrogens (tertiary/aromatic N) is 1. The third-order valence-corrected chi connectivity index (χ3v) is 3.45. The Hall–Kier alpha value is -2.92. The average molecular weight is 342 g/mol.